The zero-order valence-corrected chi connectivity index (χ0v) is 10.4. The van der Waals surface area contributed by atoms with Gasteiger partial charge in [0.15, 0.2) is 0 Å². The number of ether oxygens (including phenoxy) is 2. The second-order valence-electron chi connectivity index (χ2n) is 4.03. The Morgan fingerprint density at radius 3 is 2.12 bits per heavy atom. The second-order valence-corrected chi connectivity index (χ2v) is 4.03. The lowest BCUT2D eigenvalue weighted by Gasteiger charge is -2.17. The standard InChI is InChI=1S/C14H17NO2/c1-9(15)14-11-7-5-4-6-10(11)12(16-2)8-13(14)17-3/h4-9H,15H2,1-3H3. The number of hydrogen-bond acceptors (Lipinski definition) is 3. The molecule has 2 rings (SSSR count). The number of benzene rings is 2. The summed E-state index contributed by atoms with van der Waals surface area (Å²) < 4.78 is 10.8. The van der Waals surface area contributed by atoms with E-state index in [4.69, 9.17) is 15.2 Å². The van der Waals surface area contributed by atoms with Gasteiger partial charge in [-0.25, -0.2) is 0 Å². The first-order valence-electron chi connectivity index (χ1n) is 5.58. The van der Waals surface area contributed by atoms with Crippen LogP contribution in [-0.2, 0) is 0 Å². The van der Waals surface area contributed by atoms with Gasteiger partial charge < -0.3 is 15.2 Å². The van der Waals surface area contributed by atoms with Crippen molar-refractivity contribution in [2.24, 2.45) is 5.73 Å². The van der Waals surface area contributed by atoms with Gasteiger partial charge in [0.2, 0.25) is 0 Å². The minimum absolute atomic E-state index is 0.0826. The van der Waals surface area contributed by atoms with Crippen LogP contribution in [0.15, 0.2) is 30.3 Å². The largest absolute Gasteiger partial charge is 0.496 e. The van der Waals surface area contributed by atoms with E-state index >= 15 is 0 Å². The molecule has 1 unspecified atom stereocenters. The molecule has 0 fully saturated rings. The molecule has 2 N–H and O–H groups in total. The molecule has 3 nitrogen and oxygen atoms in total. The van der Waals surface area contributed by atoms with Gasteiger partial charge in [-0.3, -0.25) is 0 Å². The third-order valence-corrected chi connectivity index (χ3v) is 2.91. The van der Waals surface area contributed by atoms with Crippen molar-refractivity contribution in [3.05, 3.63) is 35.9 Å². The minimum atomic E-state index is -0.0826. The molecule has 3 heteroatoms. The van der Waals surface area contributed by atoms with Crippen LogP contribution in [0.1, 0.15) is 18.5 Å². The molecule has 2 aromatic rings. The van der Waals surface area contributed by atoms with Gasteiger partial charge in [0, 0.05) is 23.1 Å². The number of fused-ring (bicyclic) bond motifs is 1. The van der Waals surface area contributed by atoms with Gasteiger partial charge >= 0.3 is 0 Å². The van der Waals surface area contributed by atoms with Gasteiger partial charge in [-0.2, -0.15) is 0 Å². The summed E-state index contributed by atoms with van der Waals surface area (Å²) in [5.41, 5.74) is 7.04. The van der Waals surface area contributed by atoms with Crippen LogP contribution >= 0.6 is 0 Å². The molecule has 1 atom stereocenters. The molecule has 0 bridgehead atoms. The summed E-state index contributed by atoms with van der Waals surface area (Å²) in [7, 11) is 3.31. The van der Waals surface area contributed by atoms with Crippen LogP contribution in [0.25, 0.3) is 10.8 Å². The molecule has 0 spiro atoms. The minimum Gasteiger partial charge on any atom is -0.496 e. The van der Waals surface area contributed by atoms with Crippen molar-refractivity contribution in [3.8, 4) is 11.5 Å². The second kappa shape index (κ2) is 4.63. The van der Waals surface area contributed by atoms with E-state index in [2.05, 4.69) is 0 Å². The summed E-state index contributed by atoms with van der Waals surface area (Å²) in [4.78, 5) is 0. The van der Waals surface area contributed by atoms with E-state index in [1.54, 1.807) is 14.2 Å². The highest BCUT2D eigenvalue weighted by Crippen LogP contribution is 2.38. The summed E-state index contributed by atoms with van der Waals surface area (Å²) in [5.74, 6) is 1.58. The molecule has 17 heavy (non-hydrogen) atoms. The maximum Gasteiger partial charge on any atom is 0.130 e. The third kappa shape index (κ3) is 1.94. The lowest BCUT2D eigenvalue weighted by molar-refractivity contribution is 0.393. The fourth-order valence-electron chi connectivity index (χ4n) is 2.15. The average molecular weight is 231 g/mol. The maximum atomic E-state index is 6.03. The van der Waals surface area contributed by atoms with Crippen molar-refractivity contribution in [3.63, 3.8) is 0 Å². The summed E-state index contributed by atoms with van der Waals surface area (Å²) in [6.07, 6.45) is 0. The number of methoxy groups -OCH3 is 2. The Morgan fingerprint density at radius 2 is 1.59 bits per heavy atom. The maximum absolute atomic E-state index is 6.03. The fraction of sp³-hybridized carbons (Fsp3) is 0.286. The normalized spacial score (nSPS) is 12.5. The predicted molar refractivity (Wildman–Crippen MR) is 69.7 cm³/mol. The smallest absolute Gasteiger partial charge is 0.130 e. The van der Waals surface area contributed by atoms with Gasteiger partial charge in [-0.15, -0.1) is 0 Å². The number of rotatable bonds is 3. The van der Waals surface area contributed by atoms with Crippen LogP contribution < -0.4 is 15.2 Å². The first-order chi connectivity index (χ1) is 8.19. The molecule has 0 aliphatic rings. The van der Waals surface area contributed by atoms with Gasteiger partial charge in [0.25, 0.3) is 0 Å². The van der Waals surface area contributed by atoms with Crippen LogP contribution in [-0.4, -0.2) is 14.2 Å². The highest BCUT2D eigenvalue weighted by molar-refractivity contribution is 5.93. The Labute approximate surface area is 101 Å². The zero-order valence-electron chi connectivity index (χ0n) is 10.4. The van der Waals surface area contributed by atoms with E-state index < -0.39 is 0 Å². The lowest BCUT2D eigenvalue weighted by Crippen LogP contribution is -2.08. The molecule has 0 aliphatic heterocycles. The van der Waals surface area contributed by atoms with Crippen molar-refractivity contribution in [1.29, 1.82) is 0 Å². The van der Waals surface area contributed by atoms with Crippen LogP contribution in [0.5, 0.6) is 11.5 Å². The third-order valence-electron chi connectivity index (χ3n) is 2.91. The fourth-order valence-corrected chi connectivity index (χ4v) is 2.15. The van der Waals surface area contributed by atoms with Crippen LogP contribution in [0, 0.1) is 0 Å². The SMILES string of the molecule is COc1cc(OC)c2ccccc2c1C(C)N. The first-order valence-corrected chi connectivity index (χ1v) is 5.58. The Morgan fingerprint density at radius 1 is 1.00 bits per heavy atom. The van der Waals surface area contributed by atoms with Crippen LogP contribution in [0.2, 0.25) is 0 Å². The van der Waals surface area contributed by atoms with E-state index in [0.717, 1.165) is 27.8 Å². The van der Waals surface area contributed by atoms with Crippen molar-refractivity contribution in [1.82, 2.24) is 0 Å². The predicted octanol–water partition coefficient (Wildman–Crippen LogP) is 2.88. The van der Waals surface area contributed by atoms with Gasteiger partial charge in [-0.1, -0.05) is 24.3 Å². The molecule has 0 heterocycles. The van der Waals surface area contributed by atoms with Gasteiger partial charge in [0.1, 0.15) is 11.5 Å². The Kier molecular flexibility index (Phi) is 3.20. The number of hydrogen-bond donors (Lipinski definition) is 1. The Balaban J connectivity index is 2.85. The van der Waals surface area contributed by atoms with E-state index in [1.807, 2.05) is 37.3 Å². The zero-order chi connectivity index (χ0) is 12.4. The molecule has 0 aromatic heterocycles. The van der Waals surface area contributed by atoms with Crippen LogP contribution in [0.3, 0.4) is 0 Å². The first kappa shape index (κ1) is 11.7. The summed E-state index contributed by atoms with van der Waals surface area (Å²) >= 11 is 0. The van der Waals surface area contributed by atoms with E-state index in [-0.39, 0.29) is 6.04 Å². The molecule has 0 saturated heterocycles. The molecule has 90 valence electrons. The van der Waals surface area contributed by atoms with Crippen molar-refractivity contribution >= 4 is 10.8 Å². The van der Waals surface area contributed by atoms with Crippen molar-refractivity contribution in [2.45, 2.75) is 13.0 Å². The summed E-state index contributed by atoms with van der Waals surface area (Å²) in [6, 6.07) is 9.86. The van der Waals surface area contributed by atoms with E-state index in [1.165, 1.54) is 0 Å². The summed E-state index contributed by atoms with van der Waals surface area (Å²) in [6.45, 7) is 1.96. The summed E-state index contributed by atoms with van der Waals surface area (Å²) in [5, 5.41) is 2.14. The van der Waals surface area contributed by atoms with Crippen molar-refractivity contribution in [2.75, 3.05) is 14.2 Å². The molecule has 0 radical (unpaired) electrons. The molecule has 0 saturated carbocycles. The van der Waals surface area contributed by atoms with Crippen molar-refractivity contribution < 1.29 is 9.47 Å². The Bertz CT molecular complexity index is 535. The monoisotopic (exact) mass is 231 g/mol. The number of nitrogens with two attached hydrogens (primary N) is 1. The van der Waals surface area contributed by atoms with Gasteiger partial charge in [-0.05, 0) is 12.3 Å². The van der Waals surface area contributed by atoms with Gasteiger partial charge in [0.05, 0.1) is 14.2 Å². The molecule has 0 aliphatic carbocycles. The van der Waals surface area contributed by atoms with E-state index in [0.29, 0.717) is 0 Å². The average Bonchev–Trinajstić information content (AvgIpc) is 2.36. The molecule has 2 aromatic carbocycles. The highest BCUT2D eigenvalue weighted by atomic mass is 16.5. The molecule has 0 amide bonds. The highest BCUT2D eigenvalue weighted by Gasteiger charge is 2.15. The topological polar surface area (TPSA) is 44.5 Å². The Hall–Kier alpha value is -1.74. The van der Waals surface area contributed by atoms with E-state index in [9.17, 15) is 0 Å². The van der Waals surface area contributed by atoms with Crippen LogP contribution in [0.4, 0.5) is 0 Å². The quantitative estimate of drug-likeness (QED) is 0.883. The molecular weight excluding hydrogens is 214 g/mol. The lowest BCUT2D eigenvalue weighted by atomic mass is 9.98. The molecular formula is C14H17NO2.